The molecule has 0 heterocycles. The molecule has 0 aromatic heterocycles. The van der Waals surface area contributed by atoms with Gasteiger partial charge in [0.1, 0.15) is 0 Å². The van der Waals surface area contributed by atoms with Crippen LogP contribution in [0.5, 0.6) is 0 Å². The number of aliphatic imine (C=N–C) groups is 1. The largest absolute Gasteiger partial charge is 0.450 e. The van der Waals surface area contributed by atoms with Crippen molar-refractivity contribution in [2.45, 2.75) is 53.6 Å². The van der Waals surface area contributed by atoms with E-state index in [-0.39, 0.29) is 12.1 Å². The highest BCUT2D eigenvalue weighted by Gasteiger charge is 2.21. The minimum atomic E-state index is -0.486. The van der Waals surface area contributed by atoms with Crippen LogP contribution in [0.1, 0.15) is 40.2 Å². The Morgan fingerprint density at radius 3 is 2.18 bits per heavy atom. The minimum Gasteiger partial charge on any atom is -0.450 e. The van der Waals surface area contributed by atoms with Crippen LogP contribution in [0.15, 0.2) is 29.3 Å². The van der Waals surface area contributed by atoms with Gasteiger partial charge in [0.2, 0.25) is 5.96 Å². The molecule has 1 amide bonds. The second-order valence-corrected chi connectivity index (χ2v) is 5.71. The van der Waals surface area contributed by atoms with Crippen LogP contribution in [0, 0.1) is 6.92 Å². The van der Waals surface area contributed by atoms with Crippen LogP contribution in [0.3, 0.4) is 0 Å². The van der Waals surface area contributed by atoms with E-state index < -0.39 is 6.09 Å². The van der Waals surface area contributed by atoms with E-state index in [1.165, 1.54) is 5.56 Å². The van der Waals surface area contributed by atoms with Crippen LogP contribution >= 0.6 is 0 Å². The molecule has 122 valence electrons. The van der Waals surface area contributed by atoms with Gasteiger partial charge in [0, 0.05) is 12.1 Å². The number of hydrogen-bond acceptors (Lipinski definition) is 3. The van der Waals surface area contributed by atoms with Gasteiger partial charge in [0.05, 0.1) is 12.3 Å². The third kappa shape index (κ3) is 5.39. The first-order valence-corrected chi connectivity index (χ1v) is 7.72. The number of aryl methyl sites for hydroxylation is 1. The summed E-state index contributed by atoms with van der Waals surface area (Å²) < 4.78 is 4.98. The van der Waals surface area contributed by atoms with Crippen molar-refractivity contribution in [3.05, 3.63) is 29.8 Å². The van der Waals surface area contributed by atoms with Gasteiger partial charge in [0.15, 0.2) is 0 Å². The first kappa shape index (κ1) is 18.0. The zero-order chi connectivity index (χ0) is 16.7. The molecule has 0 aliphatic rings. The van der Waals surface area contributed by atoms with E-state index in [4.69, 9.17) is 4.74 Å². The van der Waals surface area contributed by atoms with Crippen molar-refractivity contribution in [2.24, 2.45) is 4.99 Å². The minimum absolute atomic E-state index is 0.200. The number of benzene rings is 1. The molecule has 0 bridgehead atoms. The summed E-state index contributed by atoms with van der Waals surface area (Å²) >= 11 is 0. The molecule has 0 fully saturated rings. The second kappa shape index (κ2) is 8.41. The van der Waals surface area contributed by atoms with E-state index in [0.717, 1.165) is 5.69 Å². The highest BCUT2D eigenvalue weighted by atomic mass is 16.5. The van der Waals surface area contributed by atoms with Crippen LogP contribution in [0.4, 0.5) is 10.5 Å². The Kier molecular flexibility index (Phi) is 6.89. The molecule has 5 heteroatoms. The molecule has 0 spiro atoms. The van der Waals surface area contributed by atoms with Gasteiger partial charge in [-0.15, -0.1) is 0 Å². The summed E-state index contributed by atoms with van der Waals surface area (Å²) in [7, 11) is 0. The fraction of sp³-hybridized carbons (Fsp3) is 0.529. The predicted molar refractivity (Wildman–Crippen MR) is 90.5 cm³/mol. The Morgan fingerprint density at radius 1 is 1.18 bits per heavy atom. The smallest absolute Gasteiger partial charge is 0.413 e. The lowest BCUT2D eigenvalue weighted by molar-refractivity contribution is 0.155. The van der Waals surface area contributed by atoms with E-state index in [0.29, 0.717) is 12.6 Å². The molecule has 5 nitrogen and oxygen atoms in total. The topological polar surface area (TPSA) is 53.9 Å². The molecular weight excluding hydrogens is 278 g/mol. The van der Waals surface area contributed by atoms with Crippen molar-refractivity contribution in [3.63, 3.8) is 0 Å². The summed E-state index contributed by atoms with van der Waals surface area (Å²) in [5.41, 5.74) is 1.96. The molecule has 1 rings (SSSR count). The molecule has 0 radical (unpaired) electrons. The summed E-state index contributed by atoms with van der Waals surface area (Å²) in [6, 6.07) is 8.26. The van der Waals surface area contributed by atoms with Crippen molar-refractivity contribution in [1.29, 1.82) is 0 Å². The molecule has 0 aliphatic carbocycles. The van der Waals surface area contributed by atoms with E-state index in [1.54, 1.807) is 6.92 Å². The molecule has 22 heavy (non-hydrogen) atoms. The van der Waals surface area contributed by atoms with Crippen LogP contribution in [-0.4, -0.2) is 35.6 Å². The fourth-order valence-corrected chi connectivity index (χ4v) is 2.24. The Hall–Kier alpha value is -2.04. The zero-order valence-electron chi connectivity index (χ0n) is 14.4. The molecule has 0 aliphatic heterocycles. The number of alkyl carbamates (subject to hydrolysis) is 1. The molecule has 1 N–H and O–H groups in total. The number of hydrogen-bond donors (Lipinski definition) is 1. The van der Waals surface area contributed by atoms with Crippen molar-refractivity contribution in [2.75, 3.05) is 6.61 Å². The number of amides is 1. The number of guanidine groups is 1. The van der Waals surface area contributed by atoms with Crippen LogP contribution in [0.25, 0.3) is 0 Å². The maximum Gasteiger partial charge on any atom is 0.413 e. The number of nitrogens with zero attached hydrogens (tertiary/aromatic N) is 2. The maximum absolute atomic E-state index is 11.8. The molecule has 0 saturated heterocycles. The van der Waals surface area contributed by atoms with Crippen LogP contribution < -0.4 is 5.32 Å². The first-order chi connectivity index (χ1) is 10.3. The lowest BCUT2D eigenvalue weighted by atomic mass is 10.2. The van der Waals surface area contributed by atoms with E-state index >= 15 is 0 Å². The molecule has 0 unspecified atom stereocenters. The van der Waals surface area contributed by atoms with Crippen molar-refractivity contribution in [3.8, 4) is 0 Å². The van der Waals surface area contributed by atoms with Gasteiger partial charge in [-0.25, -0.2) is 9.79 Å². The second-order valence-electron chi connectivity index (χ2n) is 5.71. The average molecular weight is 305 g/mol. The summed E-state index contributed by atoms with van der Waals surface area (Å²) in [6.07, 6.45) is -0.486. The Bertz CT molecular complexity index is 499. The van der Waals surface area contributed by atoms with Gasteiger partial charge < -0.3 is 9.64 Å². The molecular formula is C17H27N3O2. The number of carbonyl (C=O) groups is 1. The van der Waals surface area contributed by atoms with Gasteiger partial charge in [-0.1, -0.05) is 17.7 Å². The van der Waals surface area contributed by atoms with Gasteiger partial charge in [-0.3, -0.25) is 5.32 Å². The predicted octanol–water partition coefficient (Wildman–Crippen LogP) is 3.85. The van der Waals surface area contributed by atoms with E-state index in [9.17, 15) is 4.79 Å². The van der Waals surface area contributed by atoms with Gasteiger partial charge in [-0.2, -0.15) is 0 Å². The zero-order valence-corrected chi connectivity index (χ0v) is 14.4. The molecule has 0 atom stereocenters. The van der Waals surface area contributed by atoms with Crippen LogP contribution in [0.2, 0.25) is 0 Å². The lowest BCUT2D eigenvalue weighted by Gasteiger charge is -2.33. The van der Waals surface area contributed by atoms with Crippen molar-refractivity contribution < 1.29 is 9.53 Å². The number of ether oxygens (including phenoxy) is 1. The van der Waals surface area contributed by atoms with Crippen LogP contribution in [-0.2, 0) is 4.74 Å². The van der Waals surface area contributed by atoms with E-state index in [2.05, 4.69) is 42.9 Å². The summed E-state index contributed by atoms with van der Waals surface area (Å²) in [5.74, 6) is 0.507. The normalized spacial score (nSPS) is 11.7. The summed E-state index contributed by atoms with van der Waals surface area (Å²) in [6.45, 7) is 12.4. The monoisotopic (exact) mass is 305 g/mol. The number of nitrogens with one attached hydrogen (secondary N) is 1. The molecule has 1 aromatic carbocycles. The summed E-state index contributed by atoms with van der Waals surface area (Å²) in [5, 5.41) is 2.76. The number of carbonyl (C=O) groups excluding carboxylic acids is 1. The molecule has 1 aromatic rings. The standard InChI is InChI=1S/C17H27N3O2/c1-7-22-17(21)19-16(20(12(2)3)13(4)5)18-15-10-8-14(6)9-11-15/h8-13H,7H2,1-6H3,(H,18,19,21). The van der Waals surface area contributed by atoms with Gasteiger partial charge in [0.25, 0.3) is 0 Å². The summed E-state index contributed by atoms with van der Waals surface area (Å²) in [4.78, 5) is 18.5. The SMILES string of the molecule is CCOC(=O)NC(=Nc1ccc(C)cc1)N(C(C)C)C(C)C. The highest BCUT2D eigenvalue weighted by molar-refractivity contribution is 5.95. The third-order valence-corrected chi connectivity index (χ3v) is 3.12. The first-order valence-electron chi connectivity index (χ1n) is 7.72. The van der Waals surface area contributed by atoms with E-state index in [1.807, 2.05) is 31.2 Å². The van der Waals surface area contributed by atoms with Gasteiger partial charge >= 0.3 is 6.09 Å². The number of rotatable bonds is 4. The Labute approximate surface area is 133 Å². The fourth-order valence-electron chi connectivity index (χ4n) is 2.24. The third-order valence-electron chi connectivity index (χ3n) is 3.12. The Morgan fingerprint density at radius 2 is 1.73 bits per heavy atom. The van der Waals surface area contributed by atoms with Crippen molar-refractivity contribution in [1.82, 2.24) is 10.2 Å². The quantitative estimate of drug-likeness (QED) is 0.679. The maximum atomic E-state index is 11.8. The lowest BCUT2D eigenvalue weighted by Crippen LogP contribution is -2.50. The average Bonchev–Trinajstić information content (AvgIpc) is 2.40. The Balaban J connectivity index is 3.13. The highest BCUT2D eigenvalue weighted by Crippen LogP contribution is 2.15. The van der Waals surface area contributed by atoms with Gasteiger partial charge in [-0.05, 0) is 53.7 Å². The van der Waals surface area contributed by atoms with Crippen molar-refractivity contribution >= 4 is 17.7 Å². The molecule has 0 saturated carbocycles.